The Morgan fingerprint density at radius 1 is 1.48 bits per heavy atom. The molecule has 1 heterocycles. The Morgan fingerprint density at radius 3 is 2.91 bits per heavy atom. The van der Waals surface area contributed by atoms with Crippen LogP contribution in [0.15, 0.2) is 28.7 Å². The number of halogens is 1. The molecule has 1 unspecified atom stereocenters. The Hall–Kier alpha value is -1.40. The second-order valence-electron chi connectivity index (χ2n) is 5.84. The summed E-state index contributed by atoms with van der Waals surface area (Å²) in [4.78, 5) is 25.7. The van der Waals surface area contributed by atoms with E-state index >= 15 is 0 Å². The van der Waals surface area contributed by atoms with E-state index in [1.54, 1.807) is 7.11 Å². The third-order valence-electron chi connectivity index (χ3n) is 4.21. The number of likely N-dealkylation sites (tertiary alicyclic amines) is 1. The molecule has 126 valence electrons. The molecule has 0 saturated carbocycles. The number of carboxylic acids is 1. The molecule has 1 aliphatic rings. The molecular weight excluding hydrogens is 362 g/mol. The van der Waals surface area contributed by atoms with Gasteiger partial charge in [0, 0.05) is 30.7 Å². The highest BCUT2D eigenvalue weighted by atomic mass is 79.9. The van der Waals surface area contributed by atoms with Gasteiger partial charge in [-0.2, -0.15) is 0 Å². The van der Waals surface area contributed by atoms with Crippen LogP contribution < -0.4 is 0 Å². The Balaban J connectivity index is 2.13. The van der Waals surface area contributed by atoms with Crippen molar-refractivity contribution >= 4 is 27.8 Å². The van der Waals surface area contributed by atoms with Crippen LogP contribution in [0.5, 0.6) is 0 Å². The number of carbonyl (C=O) groups excluding carboxylic acids is 1. The highest BCUT2D eigenvalue weighted by Crippen LogP contribution is 2.24. The number of amides is 1. The summed E-state index contributed by atoms with van der Waals surface area (Å²) in [6.07, 6.45) is 2.46. The van der Waals surface area contributed by atoms with Gasteiger partial charge in [0.1, 0.15) is 6.04 Å². The van der Waals surface area contributed by atoms with E-state index in [4.69, 9.17) is 4.74 Å². The standard InChI is InChI=1S/C17H22BrNO4/c1-23-9-7-13(10-12-4-2-5-14(18)11-12)16(20)19-8-3-6-15(19)17(21)22/h2,4-5,11,13,15H,3,6-10H2,1H3,(H,21,22)/t13?,15-/m1/s1. The number of benzene rings is 1. The van der Waals surface area contributed by atoms with E-state index in [2.05, 4.69) is 15.9 Å². The summed E-state index contributed by atoms with van der Waals surface area (Å²) < 4.78 is 6.09. The van der Waals surface area contributed by atoms with Gasteiger partial charge in [-0.1, -0.05) is 28.1 Å². The van der Waals surface area contributed by atoms with E-state index in [-0.39, 0.29) is 11.8 Å². The maximum absolute atomic E-state index is 12.9. The van der Waals surface area contributed by atoms with Crippen molar-refractivity contribution in [2.75, 3.05) is 20.3 Å². The molecular formula is C17H22BrNO4. The van der Waals surface area contributed by atoms with Crippen molar-refractivity contribution in [3.8, 4) is 0 Å². The highest BCUT2D eigenvalue weighted by molar-refractivity contribution is 9.10. The molecule has 1 amide bonds. The SMILES string of the molecule is COCCC(Cc1cccc(Br)c1)C(=O)N1CCC[C@@H]1C(=O)O. The van der Waals surface area contributed by atoms with Crippen molar-refractivity contribution in [1.29, 1.82) is 0 Å². The first-order valence-corrected chi connectivity index (χ1v) is 8.59. The summed E-state index contributed by atoms with van der Waals surface area (Å²) in [5.74, 6) is -1.25. The summed E-state index contributed by atoms with van der Waals surface area (Å²) in [5, 5.41) is 9.29. The summed E-state index contributed by atoms with van der Waals surface area (Å²) in [6.45, 7) is 1.01. The van der Waals surface area contributed by atoms with Crippen molar-refractivity contribution in [2.24, 2.45) is 5.92 Å². The summed E-state index contributed by atoms with van der Waals surface area (Å²) >= 11 is 3.44. The minimum atomic E-state index is -0.913. The van der Waals surface area contributed by atoms with Crippen LogP contribution in [0, 0.1) is 5.92 Å². The normalized spacial score (nSPS) is 18.9. The lowest BCUT2D eigenvalue weighted by Gasteiger charge is -2.27. The smallest absolute Gasteiger partial charge is 0.326 e. The van der Waals surface area contributed by atoms with Crippen molar-refractivity contribution in [3.05, 3.63) is 34.3 Å². The van der Waals surface area contributed by atoms with E-state index < -0.39 is 12.0 Å². The number of rotatable bonds is 7. The van der Waals surface area contributed by atoms with E-state index in [1.165, 1.54) is 4.90 Å². The second-order valence-corrected chi connectivity index (χ2v) is 6.76. The maximum atomic E-state index is 12.9. The van der Waals surface area contributed by atoms with Crippen LogP contribution in [-0.2, 0) is 20.7 Å². The monoisotopic (exact) mass is 383 g/mol. The van der Waals surface area contributed by atoms with Crippen molar-refractivity contribution in [2.45, 2.75) is 31.7 Å². The Labute approximate surface area is 144 Å². The maximum Gasteiger partial charge on any atom is 0.326 e. The van der Waals surface area contributed by atoms with E-state index in [0.717, 1.165) is 16.5 Å². The summed E-state index contributed by atoms with van der Waals surface area (Å²) in [5.41, 5.74) is 1.06. The molecule has 0 radical (unpaired) electrons. The van der Waals surface area contributed by atoms with Gasteiger partial charge in [-0.05, 0) is 43.4 Å². The van der Waals surface area contributed by atoms with Gasteiger partial charge in [-0.3, -0.25) is 4.79 Å². The minimum Gasteiger partial charge on any atom is -0.480 e. The molecule has 1 N–H and O–H groups in total. The quantitative estimate of drug-likeness (QED) is 0.785. The average Bonchev–Trinajstić information content (AvgIpc) is 3.00. The van der Waals surface area contributed by atoms with Crippen molar-refractivity contribution in [3.63, 3.8) is 0 Å². The molecule has 1 aliphatic heterocycles. The zero-order valence-corrected chi connectivity index (χ0v) is 14.8. The summed E-state index contributed by atoms with van der Waals surface area (Å²) in [7, 11) is 1.61. The third-order valence-corrected chi connectivity index (χ3v) is 4.70. The Bertz CT molecular complexity index is 563. The van der Waals surface area contributed by atoms with Gasteiger partial charge in [0.25, 0.3) is 0 Å². The molecule has 1 aromatic rings. The number of methoxy groups -OCH3 is 1. The van der Waals surface area contributed by atoms with Gasteiger partial charge < -0.3 is 14.7 Å². The van der Waals surface area contributed by atoms with Crippen LogP contribution in [0.25, 0.3) is 0 Å². The average molecular weight is 384 g/mol. The summed E-state index contributed by atoms with van der Waals surface area (Å²) in [6, 6.07) is 7.17. The first-order chi connectivity index (χ1) is 11.0. The second kappa shape index (κ2) is 8.45. The molecule has 1 aromatic carbocycles. The number of aliphatic carboxylic acids is 1. The van der Waals surface area contributed by atoms with Gasteiger partial charge in [0.05, 0.1) is 0 Å². The molecule has 2 atom stereocenters. The van der Waals surface area contributed by atoms with E-state index in [0.29, 0.717) is 32.4 Å². The predicted octanol–water partition coefficient (Wildman–Crippen LogP) is 2.72. The highest BCUT2D eigenvalue weighted by Gasteiger charge is 2.36. The number of ether oxygens (including phenoxy) is 1. The number of carboxylic acid groups (broad SMARTS) is 1. The van der Waals surface area contributed by atoms with Crippen LogP contribution in [0.3, 0.4) is 0 Å². The number of hydrogen-bond donors (Lipinski definition) is 1. The first kappa shape index (κ1) is 17.9. The molecule has 1 fully saturated rings. The molecule has 0 spiro atoms. The van der Waals surface area contributed by atoms with Gasteiger partial charge >= 0.3 is 5.97 Å². The van der Waals surface area contributed by atoms with Gasteiger partial charge in [0.15, 0.2) is 0 Å². The van der Waals surface area contributed by atoms with Crippen LogP contribution in [0.1, 0.15) is 24.8 Å². The number of nitrogens with zero attached hydrogens (tertiary/aromatic N) is 1. The molecule has 1 saturated heterocycles. The molecule has 6 heteroatoms. The molecule has 0 bridgehead atoms. The number of carbonyl (C=O) groups is 2. The molecule has 23 heavy (non-hydrogen) atoms. The Morgan fingerprint density at radius 2 is 2.26 bits per heavy atom. The molecule has 0 aromatic heterocycles. The minimum absolute atomic E-state index is 0.0769. The van der Waals surface area contributed by atoms with Gasteiger partial charge in [0.2, 0.25) is 5.91 Å². The predicted molar refractivity (Wildman–Crippen MR) is 90.2 cm³/mol. The zero-order chi connectivity index (χ0) is 16.8. The lowest BCUT2D eigenvalue weighted by Crippen LogP contribution is -2.44. The van der Waals surface area contributed by atoms with Crippen molar-refractivity contribution < 1.29 is 19.4 Å². The topological polar surface area (TPSA) is 66.8 Å². The Kier molecular flexibility index (Phi) is 6.59. The largest absolute Gasteiger partial charge is 0.480 e. The molecule has 2 rings (SSSR count). The van der Waals surface area contributed by atoms with Gasteiger partial charge in [-0.25, -0.2) is 4.79 Å². The van der Waals surface area contributed by atoms with Crippen molar-refractivity contribution in [1.82, 2.24) is 4.90 Å². The first-order valence-electron chi connectivity index (χ1n) is 7.79. The lowest BCUT2D eigenvalue weighted by atomic mass is 9.94. The molecule has 5 nitrogen and oxygen atoms in total. The van der Waals surface area contributed by atoms with Crippen LogP contribution in [0.2, 0.25) is 0 Å². The van der Waals surface area contributed by atoms with Crippen LogP contribution >= 0.6 is 15.9 Å². The fraction of sp³-hybridized carbons (Fsp3) is 0.529. The lowest BCUT2D eigenvalue weighted by molar-refractivity contribution is -0.150. The van der Waals surface area contributed by atoms with Gasteiger partial charge in [-0.15, -0.1) is 0 Å². The van der Waals surface area contributed by atoms with E-state index in [1.807, 2.05) is 24.3 Å². The van der Waals surface area contributed by atoms with Crippen LogP contribution in [0.4, 0.5) is 0 Å². The fourth-order valence-corrected chi connectivity index (χ4v) is 3.49. The third kappa shape index (κ3) is 4.78. The number of hydrogen-bond acceptors (Lipinski definition) is 3. The zero-order valence-electron chi connectivity index (χ0n) is 13.2. The van der Waals surface area contributed by atoms with E-state index in [9.17, 15) is 14.7 Å². The fourth-order valence-electron chi connectivity index (χ4n) is 3.04. The van der Waals surface area contributed by atoms with Crippen LogP contribution in [-0.4, -0.2) is 48.2 Å². The molecule has 0 aliphatic carbocycles.